The van der Waals surface area contributed by atoms with Crippen LogP contribution < -0.4 is 9.62 Å². The van der Waals surface area contributed by atoms with Crippen LogP contribution in [0.5, 0.6) is 0 Å². The third kappa shape index (κ3) is 3.32. The zero-order valence-corrected chi connectivity index (χ0v) is 17.3. The molecule has 0 radical (unpaired) electrons. The summed E-state index contributed by atoms with van der Waals surface area (Å²) in [7, 11) is -3.35. The molecule has 1 N–H and O–H groups in total. The number of hydrogen-bond donors (Lipinski definition) is 1. The van der Waals surface area contributed by atoms with Crippen LogP contribution in [-0.4, -0.2) is 25.6 Å². The number of fused-ring (bicyclic) bond motifs is 2. The van der Waals surface area contributed by atoms with E-state index >= 15 is 0 Å². The van der Waals surface area contributed by atoms with Crippen LogP contribution in [0.25, 0.3) is 0 Å². The van der Waals surface area contributed by atoms with Gasteiger partial charge in [-0.15, -0.1) is 0 Å². The summed E-state index contributed by atoms with van der Waals surface area (Å²) in [6.45, 7) is 2.04. The molecule has 2 aliphatic rings. The molecule has 8 heteroatoms. The highest BCUT2D eigenvalue weighted by Gasteiger charge is 2.39. The lowest BCUT2D eigenvalue weighted by Crippen LogP contribution is -2.33. The molecule has 1 aromatic heterocycles. The van der Waals surface area contributed by atoms with E-state index in [1.165, 1.54) is 0 Å². The summed E-state index contributed by atoms with van der Waals surface area (Å²) >= 11 is 6.18. The second kappa shape index (κ2) is 7.13. The number of aromatic nitrogens is 1. The molecule has 148 valence electrons. The summed E-state index contributed by atoms with van der Waals surface area (Å²) in [6, 6.07) is 4.94. The van der Waals surface area contributed by atoms with E-state index in [-0.39, 0.29) is 18.0 Å². The fourth-order valence-electron chi connectivity index (χ4n) is 4.39. The molecule has 2 atom stereocenters. The van der Waals surface area contributed by atoms with Gasteiger partial charge in [-0.2, -0.15) is 0 Å². The summed E-state index contributed by atoms with van der Waals surface area (Å²) < 4.78 is 26.3. The number of rotatable bonds is 4. The van der Waals surface area contributed by atoms with E-state index in [0.29, 0.717) is 17.0 Å². The first-order valence-corrected chi connectivity index (χ1v) is 11.6. The van der Waals surface area contributed by atoms with Crippen molar-refractivity contribution in [1.82, 2.24) is 9.71 Å². The van der Waals surface area contributed by atoms with Crippen molar-refractivity contribution < 1.29 is 13.2 Å². The van der Waals surface area contributed by atoms with Crippen LogP contribution in [0.4, 0.5) is 5.69 Å². The monoisotopic (exact) mass is 419 g/mol. The average molecular weight is 420 g/mol. The Labute approximate surface area is 170 Å². The second-order valence-corrected chi connectivity index (χ2v) is 9.61. The van der Waals surface area contributed by atoms with Gasteiger partial charge in [0.15, 0.2) is 0 Å². The maximum atomic E-state index is 13.2. The quantitative estimate of drug-likeness (QED) is 0.817. The summed E-state index contributed by atoms with van der Waals surface area (Å²) in [5.41, 5.74) is 4.20. The van der Waals surface area contributed by atoms with Crippen molar-refractivity contribution in [2.24, 2.45) is 0 Å². The molecule has 4 rings (SSSR count). The number of nitrogens with zero attached hydrogens (tertiary/aromatic N) is 2. The van der Waals surface area contributed by atoms with Crippen molar-refractivity contribution in [3.8, 4) is 0 Å². The van der Waals surface area contributed by atoms with Crippen LogP contribution in [0.15, 0.2) is 30.6 Å². The third-order valence-electron chi connectivity index (χ3n) is 5.50. The van der Waals surface area contributed by atoms with Gasteiger partial charge in [-0.3, -0.25) is 14.7 Å². The van der Waals surface area contributed by atoms with Gasteiger partial charge in [-0.1, -0.05) is 18.5 Å². The van der Waals surface area contributed by atoms with Crippen LogP contribution in [-0.2, 0) is 16.4 Å². The van der Waals surface area contributed by atoms with E-state index in [1.54, 1.807) is 29.4 Å². The summed E-state index contributed by atoms with van der Waals surface area (Å²) in [6.07, 6.45) is 7.68. The molecule has 0 saturated carbocycles. The Morgan fingerprint density at radius 2 is 2.07 bits per heavy atom. The third-order valence-corrected chi connectivity index (χ3v) is 6.45. The molecule has 28 heavy (non-hydrogen) atoms. The Hall–Kier alpha value is -1.96. The van der Waals surface area contributed by atoms with E-state index < -0.39 is 10.0 Å². The standard InChI is InChI=1S/C20H22ClN3O3S/c1-3-18-15-9-12(21)7-8-14(15)20(25)24(18)19-11-22-10-16-13(19)5-4-6-17(16)23-28(2,26)27/h7-11,17-18,23H,3-6H2,1-2H3/t17-,18-/m1/s1. The number of benzene rings is 1. The van der Waals surface area contributed by atoms with Crippen LogP contribution in [0.1, 0.15) is 65.3 Å². The van der Waals surface area contributed by atoms with Crippen molar-refractivity contribution in [2.45, 2.75) is 44.7 Å². The largest absolute Gasteiger partial charge is 0.299 e. The van der Waals surface area contributed by atoms with Gasteiger partial charge in [0.1, 0.15) is 0 Å². The number of anilines is 1. The Balaban J connectivity index is 1.81. The van der Waals surface area contributed by atoms with Gasteiger partial charge in [-0.25, -0.2) is 13.1 Å². The van der Waals surface area contributed by atoms with E-state index in [1.807, 2.05) is 13.0 Å². The maximum absolute atomic E-state index is 13.2. The number of amides is 1. The first kappa shape index (κ1) is 19.4. The fraction of sp³-hybridized carbons (Fsp3) is 0.400. The van der Waals surface area contributed by atoms with Crippen LogP contribution >= 0.6 is 11.6 Å². The lowest BCUT2D eigenvalue weighted by Gasteiger charge is -2.32. The van der Waals surface area contributed by atoms with Crippen molar-refractivity contribution in [1.29, 1.82) is 0 Å². The van der Waals surface area contributed by atoms with Gasteiger partial charge in [0.25, 0.3) is 5.91 Å². The molecule has 0 spiro atoms. The summed E-state index contributed by atoms with van der Waals surface area (Å²) in [5.74, 6) is -0.0630. The Bertz CT molecular complexity index is 1050. The number of hydrogen-bond acceptors (Lipinski definition) is 4. The number of sulfonamides is 1. The predicted molar refractivity (Wildman–Crippen MR) is 109 cm³/mol. The molecule has 2 heterocycles. The smallest absolute Gasteiger partial charge is 0.259 e. The highest BCUT2D eigenvalue weighted by atomic mass is 35.5. The first-order chi connectivity index (χ1) is 13.3. The summed E-state index contributed by atoms with van der Waals surface area (Å²) in [5, 5.41) is 0.609. The lowest BCUT2D eigenvalue weighted by molar-refractivity contribution is 0.0990. The fourth-order valence-corrected chi connectivity index (χ4v) is 5.33. The molecular formula is C20H22ClN3O3S. The number of nitrogens with one attached hydrogen (secondary N) is 1. The Kier molecular flexibility index (Phi) is 4.93. The van der Waals surface area contributed by atoms with Gasteiger partial charge in [0, 0.05) is 22.8 Å². The number of halogens is 1. The second-order valence-electron chi connectivity index (χ2n) is 7.39. The predicted octanol–water partition coefficient (Wildman–Crippen LogP) is 3.77. The highest BCUT2D eigenvalue weighted by molar-refractivity contribution is 7.88. The topological polar surface area (TPSA) is 79.4 Å². The number of carbonyl (C=O) groups excluding carboxylic acids is 1. The van der Waals surface area contributed by atoms with Crippen LogP contribution in [0.3, 0.4) is 0 Å². The molecule has 0 fully saturated rings. The van der Waals surface area contributed by atoms with Gasteiger partial charge in [-0.05, 0) is 60.6 Å². The molecule has 1 amide bonds. The minimum atomic E-state index is -3.35. The first-order valence-electron chi connectivity index (χ1n) is 9.37. The normalized spacial score (nSPS) is 21.5. The van der Waals surface area contributed by atoms with Crippen molar-refractivity contribution >= 4 is 33.2 Å². The van der Waals surface area contributed by atoms with E-state index in [4.69, 9.17) is 11.6 Å². The van der Waals surface area contributed by atoms with Gasteiger partial charge in [0.2, 0.25) is 10.0 Å². The Morgan fingerprint density at radius 3 is 2.79 bits per heavy atom. The maximum Gasteiger partial charge on any atom is 0.259 e. The molecule has 0 unspecified atom stereocenters. The van der Waals surface area contributed by atoms with Crippen molar-refractivity contribution in [2.75, 3.05) is 11.2 Å². The minimum Gasteiger partial charge on any atom is -0.299 e. The van der Waals surface area contributed by atoms with E-state index in [9.17, 15) is 13.2 Å². The number of carbonyl (C=O) groups is 1. The molecule has 0 bridgehead atoms. The molecule has 6 nitrogen and oxygen atoms in total. The lowest BCUT2D eigenvalue weighted by atomic mass is 9.88. The zero-order chi connectivity index (χ0) is 20.1. The van der Waals surface area contributed by atoms with Crippen LogP contribution in [0.2, 0.25) is 5.02 Å². The highest BCUT2D eigenvalue weighted by Crippen LogP contribution is 2.44. The molecule has 0 saturated heterocycles. The van der Waals surface area contributed by atoms with E-state index in [2.05, 4.69) is 9.71 Å². The molecule has 2 aromatic rings. The molecule has 1 aliphatic carbocycles. The number of pyridine rings is 1. The molecule has 1 aromatic carbocycles. The summed E-state index contributed by atoms with van der Waals surface area (Å²) in [4.78, 5) is 19.4. The Morgan fingerprint density at radius 1 is 1.29 bits per heavy atom. The van der Waals surface area contributed by atoms with E-state index in [0.717, 1.165) is 47.9 Å². The molecule has 1 aliphatic heterocycles. The SMILES string of the molecule is CC[C@@H]1c2cc(Cl)ccc2C(=O)N1c1cncc2c1CCC[C@H]2NS(C)(=O)=O. The minimum absolute atomic E-state index is 0.0630. The van der Waals surface area contributed by atoms with Crippen LogP contribution in [0, 0.1) is 0 Å². The zero-order valence-electron chi connectivity index (χ0n) is 15.8. The van der Waals surface area contributed by atoms with Gasteiger partial charge in [0.05, 0.1) is 24.2 Å². The van der Waals surface area contributed by atoms with Gasteiger partial charge >= 0.3 is 0 Å². The van der Waals surface area contributed by atoms with Crippen molar-refractivity contribution in [3.05, 3.63) is 57.9 Å². The molecular weight excluding hydrogens is 398 g/mol. The van der Waals surface area contributed by atoms with Crippen molar-refractivity contribution in [3.63, 3.8) is 0 Å². The average Bonchev–Trinajstić information content (AvgIpc) is 2.91. The van der Waals surface area contributed by atoms with Gasteiger partial charge < -0.3 is 0 Å².